The Labute approximate surface area is 278 Å². The van der Waals surface area contributed by atoms with Gasteiger partial charge >= 0.3 is 5.97 Å². The van der Waals surface area contributed by atoms with Gasteiger partial charge in [-0.2, -0.15) is 0 Å². The molecule has 0 fully saturated rings. The highest BCUT2D eigenvalue weighted by Gasteiger charge is 2.13. The maximum Gasteiger partial charge on any atom is 0.306 e. The van der Waals surface area contributed by atoms with Crippen molar-refractivity contribution in [3.8, 4) is 0 Å². The summed E-state index contributed by atoms with van der Waals surface area (Å²) < 4.78 is 11.0. The van der Waals surface area contributed by atoms with Crippen LogP contribution in [0.3, 0.4) is 0 Å². The van der Waals surface area contributed by atoms with E-state index < -0.39 is 6.10 Å². The van der Waals surface area contributed by atoms with Crippen molar-refractivity contribution in [1.29, 1.82) is 0 Å². The standard InChI is InChI=1S/C41H70O4/c1-3-5-7-9-11-13-15-17-19-20-21-22-23-24-26-28-30-32-34-36-41(43)45-40(38-42)39-44-37-35-33-31-29-27-25-18-16-14-12-10-8-6-4-2/h5,7,11,13,17,19,21-22,24,26,30,32,40,42H,3-4,6,8-10,12,14-16,18,20,23,25,27-29,31,33-39H2,1-2H3. The SMILES string of the molecule is CCC=CCC=CCC=CCC=CCC=CCC=CCCC(=O)OC(CO)COCCCCCCCCCCCCCCCC. The normalized spacial score (nSPS) is 13.2. The zero-order valence-electron chi connectivity index (χ0n) is 29.4. The van der Waals surface area contributed by atoms with Crippen LogP contribution < -0.4 is 0 Å². The summed E-state index contributed by atoms with van der Waals surface area (Å²) in [4.78, 5) is 12.1. The molecule has 1 unspecified atom stereocenters. The molecule has 0 aliphatic carbocycles. The number of carbonyl (C=O) groups excluding carboxylic acids is 1. The molecule has 1 atom stereocenters. The van der Waals surface area contributed by atoms with E-state index in [1.807, 2.05) is 6.08 Å². The van der Waals surface area contributed by atoms with Crippen LogP contribution in [-0.4, -0.2) is 37.0 Å². The van der Waals surface area contributed by atoms with Gasteiger partial charge in [-0.3, -0.25) is 4.79 Å². The number of unbranched alkanes of at least 4 members (excludes halogenated alkanes) is 13. The van der Waals surface area contributed by atoms with Crippen molar-refractivity contribution in [2.24, 2.45) is 0 Å². The Kier molecular flexibility index (Phi) is 36.2. The van der Waals surface area contributed by atoms with Crippen LogP contribution in [-0.2, 0) is 14.3 Å². The minimum atomic E-state index is -0.575. The smallest absolute Gasteiger partial charge is 0.306 e. The van der Waals surface area contributed by atoms with Crippen molar-refractivity contribution in [2.45, 2.75) is 161 Å². The molecule has 0 bridgehead atoms. The van der Waals surface area contributed by atoms with Crippen LogP contribution in [0.2, 0.25) is 0 Å². The summed E-state index contributed by atoms with van der Waals surface area (Å²) in [5, 5.41) is 9.54. The van der Waals surface area contributed by atoms with Crippen molar-refractivity contribution in [2.75, 3.05) is 19.8 Å². The fourth-order valence-corrected chi connectivity index (χ4v) is 4.82. The zero-order chi connectivity index (χ0) is 32.7. The summed E-state index contributed by atoms with van der Waals surface area (Å²) in [5.41, 5.74) is 0. The van der Waals surface area contributed by atoms with Gasteiger partial charge in [0.15, 0.2) is 0 Å². The lowest BCUT2D eigenvalue weighted by molar-refractivity contribution is -0.154. The van der Waals surface area contributed by atoms with Crippen LogP contribution in [0.1, 0.15) is 155 Å². The highest BCUT2D eigenvalue weighted by Crippen LogP contribution is 2.13. The fraction of sp³-hybridized carbons (Fsp3) is 0.683. The van der Waals surface area contributed by atoms with Crippen LogP contribution in [0.5, 0.6) is 0 Å². The minimum absolute atomic E-state index is 0.204. The van der Waals surface area contributed by atoms with Gasteiger partial charge in [0, 0.05) is 13.0 Å². The van der Waals surface area contributed by atoms with E-state index in [-0.39, 0.29) is 19.2 Å². The van der Waals surface area contributed by atoms with Crippen molar-refractivity contribution >= 4 is 5.97 Å². The Bertz CT molecular complexity index is 789. The lowest BCUT2D eigenvalue weighted by atomic mass is 10.0. The third-order valence-corrected chi connectivity index (χ3v) is 7.56. The van der Waals surface area contributed by atoms with E-state index in [1.54, 1.807) is 0 Å². The zero-order valence-corrected chi connectivity index (χ0v) is 29.4. The number of ether oxygens (including phenoxy) is 2. The summed E-state index contributed by atoms with van der Waals surface area (Å²) in [6.45, 7) is 5.15. The molecule has 0 aliphatic heterocycles. The Morgan fingerprint density at radius 1 is 0.556 bits per heavy atom. The Morgan fingerprint density at radius 2 is 0.956 bits per heavy atom. The second-order valence-electron chi connectivity index (χ2n) is 11.9. The number of hydrogen-bond acceptors (Lipinski definition) is 4. The van der Waals surface area contributed by atoms with Gasteiger partial charge in [-0.1, -0.05) is 170 Å². The van der Waals surface area contributed by atoms with E-state index in [2.05, 4.69) is 80.7 Å². The molecule has 0 aliphatic rings. The number of allylic oxidation sites excluding steroid dienone is 12. The van der Waals surface area contributed by atoms with Crippen molar-refractivity contribution in [3.05, 3.63) is 72.9 Å². The summed E-state index contributed by atoms with van der Waals surface area (Å²) in [7, 11) is 0. The molecular weight excluding hydrogens is 556 g/mol. The van der Waals surface area contributed by atoms with Gasteiger partial charge in [0.1, 0.15) is 6.10 Å². The lowest BCUT2D eigenvalue weighted by Gasteiger charge is -2.15. The predicted octanol–water partition coefficient (Wildman–Crippen LogP) is 11.9. The van der Waals surface area contributed by atoms with Gasteiger partial charge < -0.3 is 14.6 Å². The molecule has 0 saturated carbocycles. The first-order valence-electron chi connectivity index (χ1n) is 18.5. The minimum Gasteiger partial charge on any atom is -0.457 e. The molecular formula is C41H70O4. The van der Waals surface area contributed by atoms with Crippen LogP contribution in [0, 0.1) is 0 Å². The average molecular weight is 627 g/mol. The largest absolute Gasteiger partial charge is 0.457 e. The van der Waals surface area contributed by atoms with Crippen LogP contribution in [0.25, 0.3) is 0 Å². The van der Waals surface area contributed by atoms with Crippen molar-refractivity contribution in [3.63, 3.8) is 0 Å². The van der Waals surface area contributed by atoms with Gasteiger partial charge in [-0.05, 0) is 51.4 Å². The first-order chi connectivity index (χ1) is 22.2. The number of carbonyl (C=O) groups is 1. The van der Waals surface area contributed by atoms with Gasteiger partial charge in [0.2, 0.25) is 0 Å². The second-order valence-corrected chi connectivity index (χ2v) is 11.9. The molecule has 45 heavy (non-hydrogen) atoms. The number of rotatable bonds is 33. The molecule has 0 spiro atoms. The maximum atomic E-state index is 12.1. The number of esters is 1. The summed E-state index contributed by atoms with van der Waals surface area (Å²) in [6.07, 6.45) is 50.9. The molecule has 0 radical (unpaired) electrons. The van der Waals surface area contributed by atoms with Crippen LogP contribution in [0.15, 0.2) is 72.9 Å². The Hall–Kier alpha value is -2.17. The van der Waals surface area contributed by atoms with E-state index in [9.17, 15) is 9.90 Å². The number of aliphatic hydroxyl groups excluding tert-OH is 1. The first-order valence-corrected chi connectivity index (χ1v) is 18.5. The summed E-state index contributed by atoms with van der Waals surface area (Å²) in [5.74, 6) is -0.284. The van der Waals surface area contributed by atoms with E-state index in [4.69, 9.17) is 9.47 Å². The van der Waals surface area contributed by atoms with Crippen molar-refractivity contribution in [1.82, 2.24) is 0 Å². The molecule has 0 aromatic carbocycles. The summed E-state index contributed by atoms with van der Waals surface area (Å²) >= 11 is 0. The van der Waals surface area contributed by atoms with Gasteiger partial charge in [-0.25, -0.2) is 0 Å². The van der Waals surface area contributed by atoms with E-state index in [1.165, 1.54) is 83.5 Å². The predicted molar refractivity (Wildman–Crippen MR) is 196 cm³/mol. The van der Waals surface area contributed by atoms with E-state index in [0.29, 0.717) is 19.4 Å². The quantitative estimate of drug-likeness (QED) is 0.0447. The number of aliphatic hydroxyl groups is 1. The maximum absolute atomic E-state index is 12.1. The molecule has 0 heterocycles. The lowest BCUT2D eigenvalue weighted by Crippen LogP contribution is -2.27. The monoisotopic (exact) mass is 627 g/mol. The fourth-order valence-electron chi connectivity index (χ4n) is 4.82. The molecule has 0 amide bonds. The highest BCUT2D eigenvalue weighted by atomic mass is 16.6. The van der Waals surface area contributed by atoms with Gasteiger partial charge in [0.25, 0.3) is 0 Å². The molecule has 4 nitrogen and oxygen atoms in total. The summed E-state index contributed by atoms with van der Waals surface area (Å²) in [6, 6.07) is 0. The van der Waals surface area contributed by atoms with Crippen molar-refractivity contribution < 1.29 is 19.4 Å². The van der Waals surface area contributed by atoms with Crippen LogP contribution >= 0.6 is 0 Å². The molecule has 4 heteroatoms. The Balaban J connectivity index is 3.62. The number of hydrogen-bond donors (Lipinski definition) is 1. The molecule has 0 aromatic heterocycles. The second kappa shape index (κ2) is 38.0. The molecule has 258 valence electrons. The van der Waals surface area contributed by atoms with Crippen LogP contribution in [0.4, 0.5) is 0 Å². The molecule has 1 N–H and O–H groups in total. The molecule has 0 saturated heterocycles. The van der Waals surface area contributed by atoms with Gasteiger partial charge in [-0.15, -0.1) is 0 Å². The van der Waals surface area contributed by atoms with Gasteiger partial charge in [0.05, 0.1) is 13.2 Å². The highest BCUT2D eigenvalue weighted by molar-refractivity contribution is 5.69. The molecule has 0 rings (SSSR count). The topological polar surface area (TPSA) is 55.8 Å². The third-order valence-electron chi connectivity index (χ3n) is 7.56. The Morgan fingerprint density at radius 3 is 1.38 bits per heavy atom. The third kappa shape index (κ3) is 36.2. The average Bonchev–Trinajstić information content (AvgIpc) is 3.05. The molecule has 0 aromatic rings. The first kappa shape index (κ1) is 42.8. The van der Waals surface area contributed by atoms with E-state index in [0.717, 1.165) is 44.9 Å². The van der Waals surface area contributed by atoms with E-state index >= 15 is 0 Å².